The normalized spacial score (nSPS) is 14.7. The molecule has 0 unspecified atom stereocenters. The molecule has 0 aliphatic carbocycles. The molecule has 0 saturated carbocycles. The molecule has 4 rings (SSSR count). The predicted molar refractivity (Wildman–Crippen MR) is 122 cm³/mol. The molecule has 30 heavy (non-hydrogen) atoms. The van der Waals surface area contributed by atoms with Crippen molar-refractivity contribution in [3.63, 3.8) is 0 Å². The van der Waals surface area contributed by atoms with Gasteiger partial charge in [0.2, 0.25) is 0 Å². The lowest BCUT2D eigenvalue weighted by molar-refractivity contribution is 0.260. The van der Waals surface area contributed by atoms with E-state index in [-0.39, 0.29) is 0 Å². The Balaban J connectivity index is 1.41. The van der Waals surface area contributed by atoms with Crippen LogP contribution in [0.25, 0.3) is 10.8 Å². The van der Waals surface area contributed by atoms with E-state index in [1.165, 1.54) is 22.0 Å². The van der Waals surface area contributed by atoms with Gasteiger partial charge in [0.05, 0.1) is 27.0 Å². The quantitative estimate of drug-likeness (QED) is 0.587. The van der Waals surface area contributed by atoms with Crippen molar-refractivity contribution in [3.8, 4) is 17.2 Å². The van der Waals surface area contributed by atoms with Gasteiger partial charge < -0.3 is 19.1 Å². The molecule has 0 amide bonds. The fourth-order valence-electron chi connectivity index (χ4n) is 4.24. The Morgan fingerprint density at radius 2 is 1.43 bits per heavy atom. The summed E-state index contributed by atoms with van der Waals surface area (Å²) in [6, 6.07) is 19.0. The van der Waals surface area contributed by atoms with E-state index in [4.69, 9.17) is 14.2 Å². The van der Waals surface area contributed by atoms with Gasteiger partial charge in [0, 0.05) is 38.1 Å². The molecule has 3 aromatic rings. The Morgan fingerprint density at radius 3 is 2.17 bits per heavy atom. The molecular formula is C25H30N2O3. The Kier molecular flexibility index (Phi) is 6.29. The minimum atomic E-state index is 0.777. The van der Waals surface area contributed by atoms with Crippen LogP contribution < -0.4 is 19.1 Å². The van der Waals surface area contributed by atoms with Crippen molar-refractivity contribution in [3.05, 3.63) is 60.2 Å². The highest BCUT2D eigenvalue weighted by molar-refractivity contribution is 5.97. The Labute approximate surface area is 178 Å². The minimum Gasteiger partial charge on any atom is -0.495 e. The summed E-state index contributed by atoms with van der Waals surface area (Å²) >= 11 is 0. The Bertz CT molecular complexity index is 997. The van der Waals surface area contributed by atoms with Gasteiger partial charge in [-0.3, -0.25) is 4.90 Å². The maximum Gasteiger partial charge on any atom is 0.160 e. The summed E-state index contributed by atoms with van der Waals surface area (Å²) in [5, 5.41) is 2.51. The van der Waals surface area contributed by atoms with Crippen LogP contribution in [0.15, 0.2) is 54.6 Å². The van der Waals surface area contributed by atoms with Crippen molar-refractivity contribution < 1.29 is 14.2 Å². The van der Waals surface area contributed by atoms with Crippen molar-refractivity contribution in [2.24, 2.45) is 0 Å². The maximum atomic E-state index is 5.70. The third-order valence-corrected chi connectivity index (χ3v) is 5.94. The summed E-state index contributed by atoms with van der Waals surface area (Å²) in [5.74, 6) is 2.52. The van der Waals surface area contributed by atoms with Gasteiger partial charge in [0.15, 0.2) is 11.5 Å². The second kappa shape index (κ2) is 9.26. The second-order valence-electron chi connectivity index (χ2n) is 7.61. The summed E-state index contributed by atoms with van der Waals surface area (Å²) in [4.78, 5) is 5.00. The second-order valence-corrected chi connectivity index (χ2v) is 7.61. The first kappa shape index (κ1) is 20.4. The molecule has 0 atom stereocenters. The van der Waals surface area contributed by atoms with Gasteiger partial charge in [-0.05, 0) is 35.6 Å². The van der Waals surface area contributed by atoms with Gasteiger partial charge in [-0.2, -0.15) is 0 Å². The maximum absolute atomic E-state index is 5.70. The molecule has 1 saturated heterocycles. The number of piperazine rings is 1. The standard InChI is InChI=1S/C25H30N2O3/c1-28-22-10-8-19(18-24(22)30-3)12-13-26-14-16-27(17-15-26)25-21-7-5-4-6-20(21)9-11-23(25)29-2/h4-11,18H,12-17H2,1-3H3. The van der Waals surface area contributed by atoms with E-state index in [9.17, 15) is 0 Å². The average Bonchev–Trinajstić information content (AvgIpc) is 2.82. The monoisotopic (exact) mass is 406 g/mol. The van der Waals surface area contributed by atoms with Crippen LogP contribution in [0.2, 0.25) is 0 Å². The molecule has 1 aliphatic rings. The van der Waals surface area contributed by atoms with Gasteiger partial charge in [-0.25, -0.2) is 0 Å². The first-order chi connectivity index (χ1) is 14.7. The molecule has 3 aromatic carbocycles. The summed E-state index contributed by atoms with van der Waals surface area (Å²) in [5.41, 5.74) is 2.49. The number of ether oxygens (including phenoxy) is 3. The zero-order chi connectivity index (χ0) is 20.9. The lowest BCUT2D eigenvalue weighted by atomic mass is 10.1. The van der Waals surface area contributed by atoms with Gasteiger partial charge in [-0.1, -0.05) is 36.4 Å². The van der Waals surface area contributed by atoms with Crippen molar-refractivity contribution in [2.75, 3.05) is 59.0 Å². The summed E-state index contributed by atoms with van der Waals surface area (Å²) in [6.45, 7) is 5.11. The molecule has 5 heteroatoms. The number of hydrogen-bond acceptors (Lipinski definition) is 5. The van der Waals surface area contributed by atoms with E-state index < -0.39 is 0 Å². The summed E-state index contributed by atoms with van der Waals surface area (Å²) in [6.07, 6.45) is 0.998. The first-order valence-corrected chi connectivity index (χ1v) is 10.5. The van der Waals surface area contributed by atoms with Gasteiger partial charge in [-0.15, -0.1) is 0 Å². The zero-order valence-corrected chi connectivity index (χ0v) is 18.1. The van der Waals surface area contributed by atoms with Crippen LogP contribution in [-0.2, 0) is 6.42 Å². The number of rotatable bonds is 7. The lowest BCUT2D eigenvalue weighted by Gasteiger charge is -2.37. The van der Waals surface area contributed by atoms with Crippen LogP contribution in [0, 0.1) is 0 Å². The van der Waals surface area contributed by atoms with E-state index in [1.807, 2.05) is 6.07 Å². The molecule has 0 radical (unpaired) electrons. The van der Waals surface area contributed by atoms with E-state index in [0.29, 0.717) is 0 Å². The van der Waals surface area contributed by atoms with Crippen molar-refractivity contribution in [2.45, 2.75) is 6.42 Å². The van der Waals surface area contributed by atoms with Crippen LogP contribution in [0.3, 0.4) is 0 Å². The number of benzene rings is 3. The van der Waals surface area contributed by atoms with Gasteiger partial charge in [0.25, 0.3) is 0 Å². The molecule has 0 spiro atoms. The molecule has 1 aliphatic heterocycles. The van der Waals surface area contributed by atoms with Crippen molar-refractivity contribution in [1.29, 1.82) is 0 Å². The van der Waals surface area contributed by atoms with Crippen LogP contribution in [0.4, 0.5) is 5.69 Å². The fraction of sp³-hybridized carbons (Fsp3) is 0.360. The smallest absolute Gasteiger partial charge is 0.160 e. The van der Waals surface area contributed by atoms with E-state index in [1.54, 1.807) is 21.3 Å². The molecule has 1 heterocycles. The summed E-state index contributed by atoms with van der Waals surface area (Å²) in [7, 11) is 5.11. The number of methoxy groups -OCH3 is 3. The summed E-state index contributed by atoms with van der Waals surface area (Å²) < 4.78 is 16.5. The predicted octanol–water partition coefficient (Wildman–Crippen LogP) is 4.23. The van der Waals surface area contributed by atoms with Crippen molar-refractivity contribution >= 4 is 16.5 Å². The first-order valence-electron chi connectivity index (χ1n) is 10.5. The number of fused-ring (bicyclic) bond motifs is 1. The Hall–Kier alpha value is -2.92. The zero-order valence-electron chi connectivity index (χ0n) is 18.1. The minimum absolute atomic E-state index is 0.777. The van der Waals surface area contributed by atoms with Crippen LogP contribution in [-0.4, -0.2) is 59.0 Å². The molecule has 0 bridgehead atoms. The highest BCUT2D eigenvalue weighted by Gasteiger charge is 2.21. The fourth-order valence-corrected chi connectivity index (χ4v) is 4.24. The van der Waals surface area contributed by atoms with Gasteiger partial charge in [0.1, 0.15) is 5.75 Å². The average molecular weight is 407 g/mol. The molecule has 158 valence electrons. The van der Waals surface area contributed by atoms with E-state index in [0.717, 1.165) is 56.4 Å². The van der Waals surface area contributed by atoms with E-state index >= 15 is 0 Å². The molecule has 5 nitrogen and oxygen atoms in total. The van der Waals surface area contributed by atoms with Crippen LogP contribution in [0.5, 0.6) is 17.2 Å². The molecule has 0 aromatic heterocycles. The number of anilines is 1. The number of nitrogens with zero attached hydrogens (tertiary/aromatic N) is 2. The topological polar surface area (TPSA) is 34.2 Å². The van der Waals surface area contributed by atoms with E-state index in [2.05, 4.69) is 58.3 Å². The highest BCUT2D eigenvalue weighted by Crippen LogP contribution is 2.36. The SMILES string of the molecule is COc1ccc(CCN2CCN(c3c(OC)ccc4ccccc34)CC2)cc1OC. The number of hydrogen-bond donors (Lipinski definition) is 0. The van der Waals surface area contributed by atoms with Crippen LogP contribution in [0.1, 0.15) is 5.56 Å². The highest BCUT2D eigenvalue weighted by atomic mass is 16.5. The molecular weight excluding hydrogens is 376 g/mol. The van der Waals surface area contributed by atoms with Crippen molar-refractivity contribution in [1.82, 2.24) is 4.90 Å². The lowest BCUT2D eigenvalue weighted by Crippen LogP contribution is -2.47. The molecule has 1 fully saturated rings. The third-order valence-electron chi connectivity index (χ3n) is 5.94. The third kappa shape index (κ3) is 4.17. The largest absolute Gasteiger partial charge is 0.495 e. The Morgan fingerprint density at radius 1 is 0.733 bits per heavy atom. The van der Waals surface area contributed by atoms with Gasteiger partial charge >= 0.3 is 0 Å². The van der Waals surface area contributed by atoms with Crippen LogP contribution >= 0.6 is 0 Å². The molecule has 0 N–H and O–H groups in total.